The molecule has 5 heteroatoms. The van der Waals surface area contributed by atoms with Crippen molar-refractivity contribution in [1.82, 2.24) is 25.1 Å². The van der Waals surface area contributed by atoms with Crippen LogP contribution in [0.15, 0.2) is 79.4 Å². The zero-order valence-electron chi connectivity index (χ0n) is 14.6. The van der Waals surface area contributed by atoms with E-state index in [0.29, 0.717) is 0 Å². The lowest BCUT2D eigenvalue weighted by Crippen LogP contribution is -2.32. The van der Waals surface area contributed by atoms with Crippen molar-refractivity contribution < 1.29 is 0 Å². The Kier molecular flexibility index (Phi) is 3.64. The van der Waals surface area contributed by atoms with Crippen molar-refractivity contribution in [3.8, 4) is 11.3 Å². The van der Waals surface area contributed by atoms with Gasteiger partial charge in [-0.3, -0.25) is 20.1 Å². The highest BCUT2D eigenvalue weighted by molar-refractivity contribution is 5.75. The van der Waals surface area contributed by atoms with E-state index in [1.807, 2.05) is 48.8 Å². The third kappa shape index (κ3) is 2.56. The molecule has 0 fully saturated rings. The Morgan fingerprint density at radius 2 is 1.52 bits per heavy atom. The summed E-state index contributed by atoms with van der Waals surface area (Å²) in [5, 5.41) is 7.82. The van der Waals surface area contributed by atoms with E-state index in [9.17, 15) is 0 Å². The van der Waals surface area contributed by atoms with Crippen molar-refractivity contribution in [2.24, 2.45) is 0 Å². The number of nitrogens with zero attached hydrogens (tertiary/aromatic N) is 4. The van der Waals surface area contributed by atoms with E-state index in [2.05, 4.69) is 49.4 Å². The molecule has 0 unspecified atom stereocenters. The fourth-order valence-corrected chi connectivity index (χ4v) is 3.73. The van der Waals surface area contributed by atoms with Gasteiger partial charge in [-0.15, -0.1) is 0 Å². The molecule has 4 aromatic heterocycles. The molecule has 0 bridgehead atoms. The topological polar surface area (TPSA) is 67.3 Å². The van der Waals surface area contributed by atoms with Crippen LogP contribution in [0.2, 0.25) is 0 Å². The summed E-state index contributed by atoms with van der Waals surface area (Å²) < 4.78 is 0. The number of hydrogen-bond donors (Lipinski definition) is 1. The predicted molar refractivity (Wildman–Crippen MR) is 104 cm³/mol. The molecule has 1 aliphatic carbocycles. The van der Waals surface area contributed by atoms with Gasteiger partial charge in [-0.25, -0.2) is 0 Å². The number of pyridine rings is 3. The van der Waals surface area contributed by atoms with Crippen LogP contribution < -0.4 is 0 Å². The minimum Gasteiger partial charge on any atom is -0.281 e. The van der Waals surface area contributed by atoms with E-state index in [1.54, 1.807) is 12.4 Å². The lowest BCUT2D eigenvalue weighted by atomic mass is 9.72. The van der Waals surface area contributed by atoms with Crippen LogP contribution in [-0.4, -0.2) is 25.1 Å². The summed E-state index contributed by atoms with van der Waals surface area (Å²) in [5.74, 6) is 0. The van der Waals surface area contributed by atoms with E-state index in [0.717, 1.165) is 40.3 Å². The standard InChI is InChI=1S/C22H17N5/c1-3-11-24-19(5-1)22(20-6-2-4-12-25-20)10-7-17-18(15-22)26-27-21(17)16-8-13-23-14-9-16/h1-14H,15H2,(H,26,27). The molecule has 130 valence electrons. The zero-order chi connectivity index (χ0) is 18.1. The Balaban J connectivity index is 1.66. The fourth-order valence-electron chi connectivity index (χ4n) is 3.73. The highest BCUT2D eigenvalue weighted by Gasteiger charge is 2.38. The number of rotatable bonds is 3. The van der Waals surface area contributed by atoms with Crippen molar-refractivity contribution in [3.05, 3.63) is 102 Å². The summed E-state index contributed by atoms with van der Waals surface area (Å²) in [6.07, 6.45) is 12.3. The van der Waals surface area contributed by atoms with Gasteiger partial charge in [0.15, 0.2) is 0 Å². The molecule has 0 aliphatic heterocycles. The van der Waals surface area contributed by atoms with Crippen LogP contribution in [0.5, 0.6) is 0 Å². The molecular formula is C22H17N5. The van der Waals surface area contributed by atoms with Gasteiger partial charge in [-0.05, 0) is 36.4 Å². The number of allylic oxidation sites excluding steroid dienone is 1. The second kappa shape index (κ2) is 6.29. The summed E-state index contributed by atoms with van der Waals surface area (Å²) in [4.78, 5) is 13.4. The highest BCUT2D eigenvalue weighted by atomic mass is 15.1. The van der Waals surface area contributed by atoms with Crippen molar-refractivity contribution >= 4 is 6.08 Å². The number of H-pyrrole nitrogens is 1. The number of nitrogens with one attached hydrogen (secondary N) is 1. The Hall–Kier alpha value is -3.60. The predicted octanol–water partition coefficient (Wildman–Crippen LogP) is 3.82. The average molecular weight is 351 g/mol. The Labute approximate surface area is 156 Å². The van der Waals surface area contributed by atoms with Gasteiger partial charge in [-0.1, -0.05) is 24.3 Å². The molecule has 4 aromatic rings. The fraction of sp³-hybridized carbons (Fsp3) is 0.0909. The van der Waals surface area contributed by atoms with Gasteiger partial charge in [0, 0.05) is 48.0 Å². The van der Waals surface area contributed by atoms with Crippen LogP contribution in [0.25, 0.3) is 17.3 Å². The van der Waals surface area contributed by atoms with Crippen molar-refractivity contribution in [1.29, 1.82) is 0 Å². The smallest absolute Gasteiger partial charge is 0.0996 e. The van der Waals surface area contributed by atoms with Gasteiger partial charge in [0.2, 0.25) is 0 Å². The summed E-state index contributed by atoms with van der Waals surface area (Å²) in [6.45, 7) is 0. The second-order valence-electron chi connectivity index (χ2n) is 6.61. The Morgan fingerprint density at radius 1 is 0.815 bits per heavy atom. The summed E-state index contributed by atoms with van der Waals surface area (Å²) in [7, 11) is 0. The van der Waals surface area contributed by atoms with Gasteiger partial charge in [-0.2, -0.15) is 5.10 Å². The zero-order valence-corrected chi connectivity index (χ0v) is 14.6. The minimum absolute atomic E-state index is 0.419. The third-order valence-corrected chi connectivity index (χ3v) is 5.07. The number of aromatic nitrogens is 5. The average Bonchev–Trinajstić information content (AvgIpc) is 3.18. The molecule has 4 heterocycles. The first-order valence-electron chi connectivity index (χ1n) is 8.87. The first-order chi connectivity index (χ1) is 13.4. The summed E-state index contributed by atoms with van der Waals surface area (Å²) in [5.41, 5.74) is 5.73. The molecule has 0 saturated carbocycles. The van der Waals surface area contributed by atoms with E-state index in [1.165, 1.54) is 0 Å². The van der Waals surface area contributed by atoms with Crippen molar-refractivity contribution in [2.75, 3.05) is 0 Å². The molecule has 1 N–H and O–H groups in total. The number of aromatic amines is 1. The number of fused-ring (bicyclic) bond motifs is 1. The molecule has 0 radical (unpaired) electrons. The van der Waals surface area contributed by atoms with Gasteiger partial charge < -0.3 is 0 Å². The lowest BCUT2D eigenvalue weighted by Gasteiger charge is -2.32. The largest absolute Gasteiger partial charge is 0.281 e. The van der Waals surface area contributed by atoms with Crippen LogP contribution in [0, 0.1) is 0 Å². The van der Waals surface area contributed by atoms with E-state index < -0.39 is 5.41 Å². The first-order valence-corrected chi connectivity index (χ1v) is 8.87. The molecule has 0 spiro atoms. The molecule has 1 aliphatic rings. The van der Waals surface area contributed by atoms with Crippen LogP contribution in [0.1, 0.15) is 22.6 Å². The maximum absolute atomic E-state index is 4.66. The van der Waals surface area contributed by atoms with Crippen molar-refractivity contribution in [3.63, 3.8) is 0 Å². The molecule has 0 aromatic carbocycles. The highest BCUT2D eigenvalue weighted by Crippen LogP contribution is 2.41. The molecule has 5 nitrogen and oxygen atoms in total. The van der Waals surface area contributed by atoms with Gasteiger partial charge >= 0.3 is 0 Å². The monoisotopic (exact) mass is 351 g/mol. The quantitative estimate of drug-likeness (QED) is 0.609. The SMILES string of the molecule is C1=CC(c2ccccn2)(c2ccccn2)Cc2[nH]nc(-c3ccncc3)c21. The maximum atomic E-state index is 4.66. The van der Waals surface area contributed by atoms with E-state index in [4.69, 9.17) is 0 Å². The first kappa shape index (κ1) is 15.6. The molecule has 0 atom stereocenters. The molecular weight excluding hydrogens is 334 g/mol. The maximum Gasteiger partial charge on any atom is 0.0996 e. The van der Waals surface area contributed by atoms with Crippen LogP contribution in [-0.2, 0) is 11.8 Å². The summed E-state index contributed by atoms with van der Waals surface area (Å²) in [6, 6.07) is 16.0. The van der Waals surface area contributed by atoms with Crippen LogP contribution in [0.3, 0.4) is 0 Å². The summed E-state index contributed by atoms with van der Waals surface area (Å²) >= 11 is 0. The molecule has 5 rings (SSSR count). The lowest BCUT2D eigenvalue weighted by molar-refractivity contribution is 0.582. The van der Waals surface area contributed by atoms with Gasteiger partial charge in [0.05, 0.1) is 22.5 Å². The van der Waals surface area contributed by atoms with Gasteiger partial charge in [0.25, 0.3) is 0 Å². The van der Waals surface area contributed by atoms with Crippen LogP contribution in [0.4, 0.5) is 0 Å². The molecule has 0 saturated heterocycles. The number of hydrogen-bond acceptors (Lipinski definition) is 4. The van der Waals surface area contributed by atoms with Crippen molar-refractivity contribution in [2.45, 2.75) is 11.8 Å². The van der Waals surface area contributed by atoms with Crippen LogP contribution >= 0.6 is 0 Å². The molecule has 0 amide bonds. The van der Waals surface area contributed by atoms with E-state index >= 15 is 0 Å². The van der Waals surface area contributed by atoms with E-state index in [-0.39, 0.29) is 0 Å². The molecule has 27 heavy (non-hydrogen) atoms. The Bertz CT molecular complexity index is 1050. The van der Waals surface area contributed by atoms with Gasteiger partial charge in [0.1, 0.15) is 0 Å². The third-order valence-electron chi connectivity index (χ3n) is 5.07. The minimum atomic E-state index is -0.419. The Morgan fingerprint density at radius 3 is 2.15 bits per heavy atom. The normalized spacial score (nSPS) is 14.7. The second-order valence-corrected chi connectivity index (χ2v) is 6.61.